The second kappa shape index (κ2) is 6.99. The standard InChI is InChI=1S/C14H17ClN2O2S/c1-2-13(18)16-8-14(19)17-11-5-6-20-12-4-3-9(15)7-10(11)12/h3-4,7,11H,2,5-6,8H2,1H3,(H,16,18)(H,17,19). The highest BCUT2D eigenvalue weighted by Gasteiger charge is 2.22. The normalized spacial score (nSPS) is 17.2. The SMILES string of the molecule is CCC(=O)NCC(=O)NC1CCSc2ccc(Cl)cc21. The summed E-state index contributed by atoms with van der Waals surface area (Å²) in [6.07, 6.45) is 1.25. The molecule has 0 spiro atoms. The van der Waals surface area contributed by atoms with E-state index >= 15 is 0 Å². The van der Waals surface area contributed by atoms with Gasteiger partial charge < -0.3 is 10.6 Å². The van der Waals surface area contributed by atoms with E-state index in [2.05, 4.69) is 10.6 Å². The maximum absolute atomic E-state index is 11.9. The van der Waals surface area contributed by atoms with E-state index in [1.807, 2.05) is 18.2 Å². The van der Waals surface area contributed by atoms with Crippen LogP contribution in [-0.4, -0.2) is 24.1 Å². The van der Waals surface area contributed by atoms with Gasteiger partial charge in [0.05, 0.1) is 12.6 Å². The van der Waals surface area contributed by atoms with Crippen molar-refractivity contribution in [2.45, 2.75) is 30.7 Å². The van der Waals surface area contributed by atoms with Crippen molar-refractivity contribution in [1.82, 2.24) is 10.6 Å². The largest absolute Gasteiger partial charge is 0.348 e. The van der Waals surface area contributed by atoms with Crippen molar-refractivity contribution in [3.05, 3.63) is 28.8 Å². The second-order valence-corrected chi connectivity index (χ2v) is 6.14. The Morgan fingerprint density at radius 2 is 2.20 bits per heavy atom. The number of amides is 2. The van der Waals surface area contributed by atoms with E-state index in [4.69, 9.17) is 11.6 Å². The van der Waals surface area contributed by atoms with Crippen molar-refractivity contribution in [2.75, 3.05) is 12.3 Å². The van der Waals surface area contributed by atoms with E-state index in [9.17, 15) is 9.59 Å². The summed E-state index contributed by atoms with van der Waals surface area (Å²) in [5, 5.41) is 6.20. The van der Waals surface area contributed by atoms with Crippen LogP contribution in [0.25, 0.3) is 0 Å². The van der Waals surface area contributed by atoms with Gasteiger partial charge >= 0.3 is 0 Å². The Balaban J connectivity index is 1.99. The molecular formula is C14H17ClN2O2S. The average Bonchev–Trinajstić information content (AvgIpc) is 2.45. The molecule has 0 aromatic heterocycles. The highest BCUT2D eigenvalue weighted by atomic mass is 35.5. The van der Waals surface area contributed by atoms with Crippen molar-refractivity contribution in [3.63, 3.8) is 0 Å². The summed E-state index contributed by atoms with van der Waals surface area (Å²) in [6.45, 7) is 1.77. The topological polar surface area (TPSA) is 58.2 Å². The molecule has 0 fully saturated rings. The maximum Gasteiger partial charge on any atom is 0.239 e. The number of hydrogen-bond acceptors (Lipinski definition) is 3. The zero-order chi connectivity index (χ0) is 14.5. The van der Waals surface area contributed by atoms with Gasteiger partial charge in [-0.3, -0.25) is 9.59 Å². The summed E-state index contributed by atoms with van der Waals surface area (Å²) in [6, 6.07) is 5.72. The lowest BCUT2D eigenvalue weighted by Crippen LogP contribution is -2.39. The van der Waals surface area contributed by atoms with Gasteiger partial charge in [-0.15, -0.1) is 11.8 Å². The van der Waals surface area contributed by atoms with Gasteiger partial charge in [0.2, 0.25) is 11.8 Å². The van der Waals surface area contributed by atoms with Gasteiger partial charge in [-0.1, -0.05) is 18.5 Å². The first-order chi connectivity index (χ1) is 9.60. The van der Waals surface area contributed by atoms with E-state index in [0.717, 1.165) is 22.6 Å². The minimum absolute atomic E-state index is 0.0201. The third-order valence-electron chi connectivity index (χ3n) is 3.11. The minimum atomic E-state index is -0.172. The number of nitrogens with one attached hydrogen (secondary N) is 2. The molecule has 0 saturated heterocycles. The van der Waals surface area contributed by atoms with E-state index in [1.54, 1.807) is 18.7 Å². The molecule has 1 atom stereocenters. The van der Waals surface area contributed by atoms with Gasteiger partial charge in [0.25, 0.3) is 0 Å². The summed E-state index contributed by atoms with van der Waals surface area (Å²) >= 11 is 7.79. The first-order valence-corrected chi connectivity index (χ1v) is 7.94. The molecule has 4 nitrogen and oxygen atoms in total. The summed E-state index contributed by atoms with van der Waals surface area (Å²) < 4.78 is 0. The van der Waals surface area contributed by atoms with Crippen molar-refractivity contribution < 1.29 is 9.59 Å². The summed E-state index contributed by atoms with van der Waals surface area (Å²) in [7, 11) is 0. The molecule has 0 radical (unpaired) electrons. The molecule has 2 N–H and O–H groups in total. The molecule has 1 aliphatic rings. The second-order valence-electron chi connectivity index (χ2n) is 4.57. The zero-order valence-corrected chi connectivity index (χ0v) is 12.8. The quantitative estimate of drug-likeness (QED) is 0.898. The number of hydrogen-bond donors (Lipinski definition) is 2. The van der Waals surface area contributed by atoms with Crippen LogP contribution in [0.3, 0.4) is 0 Å². The number of fused-ring (bicyclic) bond motifs is 1. The van der Waals surface area contributed by atoms with Gasteiger partial charge in [-0.2, -0.15) is 0 Å². The van der Waals surface area contributed by atoms with Crippen LogP contribution in [0.15, 0.2) is 23.1 Å². The molecule has 1 heterocycles. The number of rotatable bonds is 4. The minimum Gasteiger partial charge on any atom is -0.348 e. The smallest absolute Gasteiger partial charge is 0.239 e. The summed E-state index contributed by atoms with van der Waals surface area (Å²) in [5.74, 6) is 0.665. The molecule has 1 unspecified atom stereocenters. The monoisotopic (exact) mass is 312 g/mol. The molecule has 0 saturated carbocycles. The van der Waals surface area contributed by atoms with Crippen molar-refractivity contribution in [2.24, 2.45) is 0 Å². The molecule has 1 aromatic carbocycles. The number of carbonyl (C=O) groups is 2. The lowest BCUT2D eigenvalue weighted by Gasteiger charge is -2.26. The highest BCUT2D eigenvalue weighted by Crippen LogP contribution is 2.37. The Bertz CT molecular complexity index is 522. The molecule has 0 aliphatic carbocycles. The maximum atomic E-state index is 11.9. The zero-order valence-electron chi connectivity index (χ0n) is 11.2. The first kappa shape index (κ1) is 15.2. The van der Waals surface area contributed by atoms with E-state index in [0.29, 0.717) is 11.4 Å². The van der Waals surface area contributed by atoms with Gasteiger partial charge in [-0.25, -0.2) is 0 Å². The average molecular weight is 313 g/mol. The predicted molar refractivity (Wildman–Crippen MR) is 81.0 cm³/mol. The number of benzene rings is 1. The van der Waals surface area contributed by atoms with Crippen LogP contribution in [0.4, 0.5) is 0 Å². The van der Waals surface area contributed by atoms with E-state index in [1.165, 1.54) is 0 Å². The Morgan fingerprint density at radius 1 is 1.40 bits per heavy atom. The Kier molecular flexibility index (Phi) is 5.31. The van der Waals surface area contributed by atoms with Crippen LogP contribution in [0, 0.1) is 0 Å². The molecule has 6 heteroatoms. The highest BCUT2D eigenvalue weighted by molar-refractivity contribution is 7.99. The first-order valence-electron chi connectivity index (χ1n) is 6.58. The molecule has 0 bridgehead atoms. The molecule has 1 aliphatic heterocycles. The lowest BCUT2D eigenvalue weighted by molar-refractivity contribution is -0.126. The van der Waals surface area contributed by atoms with Crippen molar-refractivity contribution in [3.8, 4) is 0 Å². The molecule has 108 valence electrons. The van der Waals surface area contributed by atoms with Crippen molar-refractivity contribution >= 4 is 35.2 Å². The fourth-order valence-electron chi connectivity index (χ4n) is 2.06. The predicted octanol–water partition coefficient (Wildman–Crippen LogP) is 2.52. The Labute approximate surface area is 127 Å². The van der Waals surface area contributed by atoms with Crippen LogP contribution in [0.2, 0.25) is 5.02 Å². The summed E-state index contributed by atoms with van der Waals surface area (Å²) in [5.41, 5.74) is 1.06. The fourth-order valence-corrected chi connectivity index (χ4v) is 3.35. The van der Waals surface area contributed by atoms with Crippen LogP contribution in [0.1, 0.15) is 31.4 Å². The summed E-state index contributed by atoms with van der Waals surface area (Å²) in [4.78, 5) is 24.2. The molecule has 1 aromatic rings. The van der Waals surface area contributed by atoms with E-state index in [-0.39, 0.29) is 24.4 Å². The van der Waals surface area contributed by atoms with E-state index < -0.39 is 0 Å². The molecule has 2 rings (SSSR count). The third kappa shape index (κ3) is 3.90. The van der Waals surface area contributed by atoms with Gasteiger partial charge in [0, 0.05) is 22.1 Å². The number of carbonyl (C=O) groups excluding carboxylic acids is 2. The van der Waals surface area contributed by atoms with Crippen LogP contribution in [-0.2, 0) is 9.59 Å². The van der Waals surface area contributed by atoms with Gasteiger partial charge in [0.1, 0.15) is 0 Å². The molecule has 20 heavy (non-hydrogen) atoms. The van der Waals surface area contributed by atoms with Gasteiger partial charge in [0.15, 0.2) is 0 Å². The Morgan fingerprint density at radius 3 is 2.95 bits per heavy atom. The van der Waals surface area contributed by atoms with Gasteiger partial charge in [-0.05, 0) is 30.2 Å². The van der Waals surface area contributed by atoms with Crippen LogP contribution < -0.4 is 10.6 Å². The third-order valence-corrected chi connectivity index (χ3v) is 4.47. The van der Waals surface area contributed by atoms with Crippen molar-refractivity contribution in [1.29, 1.82) is 0 Å². The lowest BCUT2D eigenvalue weighted by atomic mass is 10.0. The molecule has 2 amide bonds. The van der Waals surface area contributed by atoms with Crippen LogP contribution in [0.5, 0.6) is 0 Å². The molecular weight excluding hydrogens is 296 g/mol. The fraction of sp³-hybridized carbons (Fsp3) is 0.429. The number of thioether (sulfide) groups is 1. The van der Waals surface area contributed by atoms with Crippen LogP contribution >= 0.6 is 23.4 Å². The number of halogens is 1. The Hall–Kier alpha value is -1.20.